The van der Waals surface area contributed by atoms with Gasteiger partial charge in [0.2, 0.25) is 0 Å². The van der Waals surface area contributed by atoms with Gasteiger partial charge < -0.3 is 10.6 Å². The number of aromatic nitrogens is 1. The van der Waals surface area contributed by atoms with Gasteiger partial charge in [-0.3, -0.25) is 0 Å². The lowest BCUT2D eigenvalue weighted by Crippen LogP contribution is -2.40. The van der Waals surface area contributed by atoms with Gasteiger partial charge in [0.15, 0.2) is 5.96 Å². The van der Waals surface area contributed by atoms with E-state index in [1.807, 2.05) is 0 Å². The molecule has 0 radical (unpaired) electrons. The standard InChI is InChI=1S/C14H24N4S/c1-14(2,3)11-10-19-12(17-11)9-16-13(15)18-7-5-4-6-8-18/h10H,4-9H2,1-3H3,(H2,15,16). The van der Waals surface area contributed by atoms with Gasteiger partial charge in [0.05, 0.1) is 12.2 Å². The predicted molar refractivity (Wildman–Crippen MR) is 81.6 cm³/mol. The van der Waals surface area contributed by atoms with Crippen molar-refractivity contribution >= 4 is 17.3 Å². The van der Waals surface area contributed by atoms with Crippen molar-refractivity contribution in [3.63, 3.8) is 0 Å². The van der Waals surface area contributed by atoms with Crippen molar-refractivity contribution in [3.05, 3.63) is 16.1 Å². The number of guanidine groups is 1. The van der Waals surface area contributed by atoms with Crippen LogP contribution in [0, 0.1) is 0 Å². The maximum Gasteiger partial charge on any atom is 0.191 e. The lowest BCUT2D eigenvalue weighted by Gasteiger charge is -2.27. The molecule has 0 aliphatic carbocycles. The Morgan fingerprint density at radius 1 is 1.37 bits per heavy atom. The van der Waals surface area contributed by atoms with E-state index in [1.54, 1.807) is 11.3 Å². The van der Waals surface area contributed by atoms with Gasteiger partial charge >= 0.3 is 0 Å². The normalized spacial score (nSPS) is 17.8. The summed E-state index contributed by atoms with van der Waals surface area (Å²) in [5.74, 6) is 0.673. The number of likely N-dealkylation sites (tertiary alicyclic amines) is 1. The fourth-order valence-corrected chi connectivity index (χ4v) is 3.04. The third-order valence-corrected chi connectivity index (χ3v) is 4.21. The molecule has 0 saturated carbocycles. The first kappa shape index (κ1) is 14.3. The molecule has 0 aromatic carbocycles. The van der Waals surface area contributed by atoms with Gasteiger partial charge in [-0.05, 0) is 19.3 Å². The minimum absolute atomic E-state index is 0.108. The number of nitrogens with zero attached hydrogens (tertiary/aromatic N) is 3. The maximum absolute atomic E-state index is 6.04. The summed E-state index contributed by atoms with van der Waals surface area (Å²) in [7, 11) is 0. The van der Waals surface area contributed by atoms with Crippen molar-refractivity contribution in [1.82, 2.24) is 9.88 Å². The summed E-state index contributed by atoms with van der Waals surface area (Å²) in [5, 5.41) is 3.17. The minimum atomic E-state index is 0.108. The van der Waals surface area contributed by atoms with E-state index in [0.717, 1.165) is 23.8 Å². The van der Waals surface area contributed by atoms with E-state index in [-0.39, 0.29) is 5.41 Å². The number of rotatable bonds is 2. The SMILES string of the molecule is CC(C)(C)c1csc(CN=C(N)N2CCCCC2)n1. The topological polar surface area (TPSA) is 54.5 Å². The molecule has 5 heteroatoms. The molecule has 1 aliphatic rings. The van der Waals surface area contributed by atoms with Crippen molar-refractivity contribution in [1.29, 1.82) is 0 Å². The number of piperidine rings is 1. The monoisotopic (exact) mass is 280 g/mol. The smallest absolute Gasteiger partial charge is 0.191 e. The van der Waals surface area contributed by atoms with Crippen LogP contribution in [0.3, 0.4) is 0 Å². The third kappa shape index (κ3) is 3.93. The summed E-state index contributed by atoms with van der Waals surface area (Å²) in [6.45, 7) is 9.22. The second-order valence-corrected chi connectivity index (χ2v) is 7.04. The molecule has 0 atom stereocenters. The third-order valence-electron chi connectivity index (χ3n) is 3.38. The van der Waals surface area contributed by atoms with Crippen molar-refractivity contribution in [2.24, 2.45) is 10.7 Å². The molecule has 0 amide bonds. The molecule has 2 heterocycles. The Bertz CT molecular complexity index is 439. The van der Waals surface area contributed by atoms with Crippen LogP contribution in [0.1, 0.15) is 50.7 Å². The summed E-state index contributed by atoms with van der Waals surface area (Å²) in [4.78, 5) is 11.3. The van der Waals surface area contributed by atoms with E-state index in [1.165, 1.54) is 19.3 Å². The molecule has 0 unspecified atom stereocenters. The van der Waals surface area contributed by atoms with Crippen LogP contribution >= 0.6 is 11.3 Å². The zero-order valence-electron chi connectivity index (χ0n) is 12.1. The van der Waals surface area contributed by atoms with Gasteiger partial charge in [-0.15, -0.1) is 11.3 Å². The number of aliphatic imine (C=N–C) groups is 1. The lowest BCUT2D eigenvalue weighted by molar-refractivity contribution is 0.338. The number of hydrogen-bond acceptors (Lipinski definition) is 3. The largest absolute Gasteiger partial charge is 0.370 e. The summed E-state index contributed by atoms with van der Waals surface area (Å²) in [6, 6.07) is 0. The molecular formula is C14H24N4S. The van der Waals surface area contributed by atoms with E-state index in [9.17, 15) is 0 Å². The van der Waals surface area contributed by atoms with E-state index >= 15 is 0 Å². The Morgan fingerprint density at radius 3 is 2.63 bits per heavy atom. The number of nitrogens with two attached hydrogens (primary N) is 1. The first-order valence-electron chi connectivity index (χ1n) is 6.96. The first-order valence-corrected chi connectivity index (χ1v) is 7.84. The minimum Gasteiger partial charge on any atom is -0.370 e. The highest BCUT2D eigenvalue weighted by atomic mass is 32.1. The van der Waals surface area contributed by atoms with E-state index in [4.69, 9.17) is 5.73 Å². The second-order valence-electron chi connectivity index (χ2n) is 6.10. The van der Waals surface area contributed by atoms with Crippen LogP contribution in [0.25, 0.3) is 0 Å². The first-order chi connectivity index (χ1) is 8.97. The molecule has 0 bridgehead atoms. The van der Waals surface area contributed by atoms with Crippen LogP contribution < -0.4 is 5.73 Å². The molecule has 1 saturated heterocycles. The molecule has 2 N–H and O–H groups in total. The maximum atomic E-state index is 6.04. The fraction of sp³-hybridized carbons (Fsp3) is 0.714. The quantitative estimate of drug-likeness (QED) is 0.669. The van der Waals surface area contributed by atoms with Crippen LogP contribution in [0.4, 0.5) is 0 Å². The molecule has 1 fully saturated rings. The van der Waals surface area contributed by atoms with Crippen LogP contribution in [0.2, 0.25) is 0 Å². The van der Waals surface area contributed by atoms with Crippen LogP contribution in [0.15, 0.2) is 10.4 Å². The highest BCUT2D eigenvalue weighted by Crippen LogP contribution is 2.24. The Balaban J connectivity index is 1.95. The number of thiazole rings is 1. The number of hydrogen-bond donors (Lipinski definition) is 1. The predicted octanol–water partition coefficient (Wildman–Crippen LogP) is 2.74. The average molecular weight is 280 g/mol. The van der Waals surface area contributed by atoms with Gasteiger partial charge in [0.1, 0.15) is 5.01 Å². The van der Waals surface area contributed by atoms with Gasteiger partial charge in [0.25, 0.3) is 0 Å². The molecule has 4 nitrogen and oxygen atoms in total. The van der Waals surface area contributed by atoms with Gasteiger partial charge in [0, 0.05) is 23.9 Å². The Kier molecular flexibility index (Phi) is 4.45. The van der Waals surface area contributed by atoms with E-state index in [2.05, 4.69) is 41.0 Å². The molecular weight excluding hydrogens is 256 g/mol. The van der Waals surface area contributed by atoms with Gasteiger partial charge in [-0.2, -0.15) is 0 Å². The summed E-state index contributed by atoms with van der Waals surface area (Å²) >= 11 is 1.67. The summed E-state index contributed by atoms with van der Waals surface area (Å²) in [5.41, 5.74) is 7.29. The molecule has 0 spiro atoms. The Morgan fingerprint density at radius 2 is 2.05 bits per heavy atom. The summed E-state index contributed by atoms with van der Waals surface area (Å²) < 4.78 is 0. The van der Waals surface area contributed by atoms with Crippen LogP contribution in [-0.2, 0) is 12.0 Å². The average Bonchev–Trinajstić information content (AvgIpc) is 2.86. The van der Waals surface area contributed by atoms with E-state index < -0.39 is 0 Å². The molecule has 106 valence electrons. The van der Waals surface area contributed by atoms with Crippen LogP contribution in [0.5, 0.6) is 0 Å². The zero-order chi connectivity index (χ0) is 13.9. The summed E-state index contributed by atoms with van der Waals surface area (Å²) in [6.07, 6.45) is 3.76. The second kappa shape index (κ2) is 5.90. The molecule has 1 aromatic rings. The van der Waals surface area contributed by atoms with Crippen LogP contribution in [-0.4, -0.2) is 28.9 Å². The van der Waals surface area contributed by atoms with E-state index in [0.29, 0.717) is 12.5 Å². The Labute approximate surface area is 119 Å². The zero-order valence-corrected chi connectivity index (χ0v) is 13.0. The van der Waals surface area contributed by atoms with Gasteiger partial charge in [-0.1, -0.05) is 20.8 Å². The van der Waals surface area contributed by atoms with Crippen molar-refractivity contribution < 1.29 is 0 Å². The highest BCUT2D eigenvalue weighted by molar-refractivity contribution is 7.09. The highest BCUT2D eigenvalue weighted by Gasteiger charge is 2.17. The fourth-order valence-electron chi connectivity index (χ4n) is 2.10. The molecule has 1 aliphatic heterocycles. The van der Waals surface area contributed by atoms with Crippen molar-refractivity contribution in [2.75, 3.05) is 13.1 Å². The molecule has 2 rings (SSSR count). The molecule has 19 heavy (non-hydrogen) atoms. The van der Waals surface area contributed by atoms with Crippen molar-refractivity contribution in [3.8, 4) is 0 Å². The molecule has 1 aromatic heterocycles. The lowest BCUT2D eigenvalue weighted by atomic mass is 9.93. The Hall–Kier alpha value is -1.10. The van der Waals surface area contributed by atoms with Gasteiger partial charge in [-0.25, -0.2) is 9.98 Å². The van der Waals surface area contributed by atoms with Crippen molar-refractivity contribution in [2.45, 2.75) is 52.0 Å².